The van der Waals surface area contributed by atoms with Crippen molar-refractivity contribution in [3.8, 4) is 0 Å². The summed E-state index contributed by atoms with van der Waals surface area (Å²) >= 11 is 1.56. The molecule has 1 unspecified atom stereocenters. The second kappa shape index (κ2) is 8.62. The predicted molar refractivity (Wildman–Crippen MR) is 105 cm³/mol. The molecule has 2 aromatic rings. The summed E-state index contributed by atoms with van der Waals surface area (Å²) in [6, 6.07) is 7.52. The molecular weight excluding hydrogens is 392 g/mol. The summed E-state index contributed by atoms with van der Waals surface area (Å²) in [6.07, 6.45) is 1.01. The highest BCUT2D eigenvalue weighted by Crippen LogP contribution is 2.24. The van der Waals surface area contributed by atoms with E-state index in [1.54, 1.807) is 11.3 Å². The topological polar surface area (TPSA) is 83.6 Å². The summed E-state index contributed by atoms with van der Waals surface area (Å²) in [7, 11) is -7.61. The van der Waals surface area contributed by atoms with Crippen LogP contribution in [0, 0.1) is 0 Å². The Kier molecular flexibility index (Phi) is 6.98. The van der Waals surface area contributed by atoms with Gasteiger partial charge in [0.2, 0.25) is 10.0 Å². The average molecular weight is 417 g/mol. The van der Waals surface area contributed by atoms with E-state index in [-0.39, 0.29) is 22.4 Å². The van der Waals surface area contributed by atoms with Crippen molar-refractivity contribution >= 4 is 31.2 Å². The van der Waals surface area contributed by atoms with E-state index < -0.39 is 19.9 Å². The molecule has 0 fully saturated rings. The zero-order valence-corrected chi connectivity index (χ0v) is 17.5. The highest BCUT2D eigenvalue weighted by atomic mass is 32.2. The minimum absolute atomic E-state index is 0.114. The first kappa shape index (κ1) is 21.0. The fourth-order valence-electron chi connectivity index (χ4n) is 2.83. The van der Waals surface area contributed by atoms with E-state index in [1.807, 2.05) is 30.7 Å². The number of likely N-dealkylation sites (N-methyl/N-ethyl adjacent to an activating group) is 1. The molecule has 6 nitrogen and oxygen atoms in total. The molecule has 0 aliphatic rings. The van der Waals surface area contributed by atoms with Crippen molar-refractivity contribution in [2.75, 3.05) is 25.9 Å². The Balaban J connectivity index is 2.32. The van der Waals surface area contributed by atoms with E-state index in [0.717, 1.165) is 24.9 Å². The summed E-state index contributed by atoms with van der Waals surface area (Å²) in [5, 5.41) is 3.96. The molecule has 2 rings (SSSR count). The Morgan fingerprint density at radius 1 is 1.04 bits per heavy atom. The van der Waals surface area contributed by atoms with Gasteiger partial charge in [-0.2, -0.15) is 11.3 Å². The number of sulfonamides is 1. The Hall–Kier alpha value is -1.26. The van der Waals surface area contributed by atoms with Gasteiger partial charge in [-0.25, -0.2) is 21.6 Å². The zero-order valence-electron chi connectivity index (χ0n) is 15.0. The number of hydrogen-bond donors (Lipinski definition) is 1. The van der Waals surface area contributed by atoms with Gasteiger partial charge in [-0.3, -0.25) is 4.90 Å². The van der Waals surface area contributed by atoms with Gasteiger partial charge in [0.1, 0.15) is 4.90 Å². The number of nitrogens with one attached hydrogen (secondary N) is 1. The van der Waals surface area contributed by atoms with Gasteiger partial charge in [0.05, 0.1) is 4.90 Å². The van der Waals surface area contributed by atoms with Crippen molar-refractivity contribution < 1.29 is 16.8 Å². The maximum atomic E-state index is 12.8. The predicted octanol–water partition coefficient (Wildman–Crippen LogP) is 2.51. The molecule has 9 heteroatoms. The minimum Gasteiger partial charge on any atom is -0.296 e. The van der Waals surface area contributed by atoms with Gasteiger partial charge in [0.25, 0.3) is 0 Å². The van der Waals surface area contributed by atoms with Crippen molar-refractivity contribution in [1.29, 1.82) is 0 Å². The molecule has 0 amide bonds. The third-order valence-electron chi connectivity index (χ3n) is 4.19. The zero-order chi connectivity index (χ0) is 19.4. The minimum atomic E-state index is -3.96. The lowest BCUT2D eigenvalue weighted by Gasteiger charge is -2.29. The molecule has 0 saturated heterocycles. The van der Waals surface area contributed by atoms with Crippen molar-refractivity contribution in [3.63, 3.8) is 0 Å². The van der Waals surface area contributed by atoms with Crippen LogP contribution in [0.15, 0.2) is 50.9 Å². The van der Waals surface area contributed by atoms with Crippen LogP contribution < -0.4 is 4.72 Å². The summed E-state index contributed by atoms with van der Waals surface area (Å²) in [6.45, 7) is 5.77. The Morgan fingerprint density at radius 2 is 1.65 bits per heavy atom. The summed E-state index contributed by atoms with van der Waals surface area (Å²) in [5.41, 5.74) is 1.04. The third kappa shape index (κ3) is 4.92. The standard InChI is InChI=1S/C17H24N2O4S3/c1-4-19(5-2)15(14-10-11-24-13-14)12-18-26(22,23)17-9-7-6-8-16(17)25(3,20)21/h6-11,13,15,18H,4-5,12H2,1-3H3. The van der Waals surface area contributed by atoms with Crippen molar-refractivity contribution in [1.82, 2.24) is 9.62 Å². The quantitative estimate of drug-likeness (QED) is 0.679. The SMILES string of the molecule is CCN(CC)C(CNS(=O)(=O)c1ccccc1S(C)(=O)=O)c1ccsc1. The molecule has 1 N–H and O–H groups in total. The number of nitrogens with zero attached hydrogens (tertiary/aromatic N) is 1. The fraction of sp³-hybridized carbons (Fsp3) is 0.412. The van der Waals surface area contributed by atoms with E-state index in [9.17, 15) is 16.8 Å². The summed E-state index contributed by atoms with van der Waals surface area (Å²) in [4.78, 5) is 1.75. The molecule has 1 aromatic carbocycles. The average Bonchev–Trinajstić information content (AvgIpc) is 3.12. The first-order valence-corrected chi connectivity index (χ1v) is 12.6. The van der Waals surface area contributed by atoms with Crippen LogP contribution in [0.1, 0.15) is 25.5 Å². The van der Waals surface area contributed by atoms with E-state index in [1.165, 1.54) is 24.3 Å². The number of thiophene rings is 1. The van der Waals surface area contributed by atoms with Gasteiger partial charge in [-0.05, 0) is 47.6 Å². The van der Waals surface area contributed by atoms with Gasteiger partial charge >= 0.3 is 0 Å². The number of hydrogen-bond acceptors (Lipinski definition) is 6. The first-order chi connectivity index (χ1) is 12.2. The Bertz CT molecular complexity index is 919. The van der Waals surface area contributed by atoms with Gasteiger partial charge in [0.15, 0.2) is 9.84 Å². The van der Waals surface area contributed by atoms with Gasteiger partial charge < -0.3 is 0 Å². The van der Waals surface area contributed by atoms with E-state index in [4.69, 9.17) is 0 Å². The molecule has 26 heavy (non-hydrogen) atoms. The van der Waals surface area contributed by atoms with E-state index in [2.05, 4.69) is 9.62 Å². The van der Waals surface area contributed by atoms with E-state index >= 15 is 0 Å². The summed E-state index contributed by atoms with van der Waals surface area (Å²) < 4.78 is 52.0. The van der Waals surface area contributed by atoms with Gasteiger partial charge in [-0.1, -0.05) is 26.0 Å². The molecule has 144 valence electrons. The van der Waals surface area contributed by atoms with Crippen LogP contribution in [-0.4, -0.2) is 47.6 Å². The molecule has 1 heterocycles. The van der Waals surface area contributed by atoms with Crippen molar-refractivity contribution in [2.24, 2.45) is 0 Å². The lowest BCUT2D eigenvalue weighted by atomic mass is 10.1. The Morgan fingerprint density at radius 3 is 2.15 bits per heavy atom. The number of sulfone groups is 1. The van der Waals surface area contributed by atoms with Gasteiger partial charge in [0, 0.05) is 18.8 Å². The Labute approximate surface area is 159 Å². The smallest absolute Gasteiger partial charge is 0.241 e. The maximum Gasteiger partial charge on any atom is 0.241 e. The molecule has 0 saturated carbocycles. The molecule has 1 atom stereocenters. The molecule has 0 bridgehead atoms. The second-order valence-electron chi connectivity index (χ2n) is 5.86. The van der Waals surface area contributed by atoms with Crippen LogP contribution >= 0.6 is 11.3 Å². The third-order valence-corrected chi connectivity index (χ3v) is 7.65. The highest BCUT2D eigenvalue weighted by Gasteiger charge is 2.26. The normalized spacial score (nSPS) is 13.8. The van der Waals surface area contributed by atoms with E-state index in [0.29, 0.717) is 0 Å². The first-order valence-electron chi connectivity index (χ1n) is 8.25. The lowest BCUT2D eigenvalue weighted by molar-refractivity contribution is 0.220. The molecule has 0 spiro atoms. The molecule has 0 radical (unpaired) electrons. The summed E-state index contributed by atoms with van der Waals surface area (Å²) in [5.74, 6) is 0. The lowest BCUT2D eigenvalue weighted by Crippen LogP contribution is -2.38. The van der Waals surface area contributed by atoms with Crippen LogP contribution in [0.5, 0.6) is 0 Å². The van der Waals surface area contributed by atoms with Crippen molar-refractivity contribution in [2.45, 2.75) is 29.7 Å². The molecule has 0 aliphatic heterocycles. The van der Waals surface area contributed by atoms with Crippen LogP contribution in [0.25, 0.3) is 0 Å². The number of benzene rings is 1. The van der Waals surface area contributed by atoms with Crippen LogP contribution in [0.2, 0.25) is 0 Å². The molecule has 1 aromatic heterocycles. The van der Waals surface area contributed by atoms with Crippen LogP contribution in [0.4, 0.5) is 0 Å². The fourth-order valence-corrected chi connectivity index (χ4v) is 6.20. The highest BCUT2D eigenvalue weighted by molar-refractivity contribution is 7.93. The van der Waals surface area contributed by atoms with Gasteiger partial charge in [-0.15, -0.1) is 0 Å². The van der Waals surface area contributed by atoms with Crippen molar-refractivity contribution in [3.05, 3.63) is 46.7 Å². The molecular formula is C17H24N2O4S3. The molecule has 0 aliphatic carbocycles. The monoisotopic (exact) mass is 416 g/mol. The van der Waals surface area contributed by atoms with Crippen LogP contribution in [0.3, 0.4) is 0 Å². The maximum absolute atomic E-state index is 12.8. The number of rotatable bonds is 9. The second-order valence-corrected chi connectivity index (χ2v) is 10.4. The largest absolute Gasteiger partial charge is 0.296 e. The van der Waals surface area contributed by atoms with Crippen LogP contribution in [-0.2, 0) is 19.9 Å².